The van der Waals surface area contributed by atoms with Crippen molar-refractivity contribution in [3.8, 4) is 0 Å². The van der Waals surface area contributed by atoms with Crippen LogP contribution in [0.2, 0.25) is 0 Å². The summed E-state index contributed by atoms with van der Waals surface area (Å²) in [5, 5.41) is 6.75. The van der Waals surface area contributed by atoms with Crippen molar-refractivity contribution in [3.05, 3.63) is 33.8 Å². The van der Waals surface area contributed by atoms with Gasteiger partial charge in [-0.25, -0.2) is 9.97 Å². The SMILES string of the molecule is CCNc1cc(NC(C)Cc2ccc(C)s2)nc(CC)n1. The number of hydrogen-bond donors (Lipinski definition) is 2. The summed E-state index contributed by atoms with van der Waals surface area (Å²) in [6, 6.07) is 6.71. The van der Waals surface area contributed by atoms with Gasteiger partial charge in [-0.2, -0.15) is 0 Å². The van der Waals surface area contributed by atoms with Crippen molar-refractivity contribution >= 4 is 23.0 Å². The number of nitrogens with zero attached hydrogens (tertiary/aromatic N) is 2. The van der Waals surface area contributed by atoms with Crippen molar-refractivity contribution in [1.29, 1.82) is 0 Å². The second-order valence-electron chi connectivity index (χ2n) is 5.20. The molecule has 21 heavy (non-hydrogen) atoms. The predicted molar refractivity (Wildman–Crippen MR) is 91.4 cm³/mol. The van der Waals surface area contributed by atoms with E-state index in [4.69, 9.17) is 0 Å². The first-order valence-electron chi connectivity index (χ1n) is 7.54. The summed E-state index contributed by atoms with van der Waals surface area (Å²) >= 11 is 1.86. The van der Waals surface area contributed by atoms with Crippen LogP contribution in [0.1, 0.15) is 36.3 Å². The van der Waals surface area contributed by atoms with Crippen LogP contribution in [0.5, 0.6) is 0 Å². The van der Waals surface area contributed by atoms with Crippen LogP contribution in [0.15, 0.2) is 18.2 Å². The maximum Gasteiger partial charge on any atom is 0.132 e. The van der Waals surface area contributed by atoms with Gasteiger partial charge in [0.25, 0.3) is 0 Å². The van der Waals surface area contributed by atoms with Crippen molar-refractivity contribution in [1.82, 2.24) is 9.97 Å². The molecule has 2 rings (SSSR count). The van der Waals surface area contributed by atoms with E-state index in [1.54, 1.807) is 0 Å². The second kappa shape index (κ2) is 7.41. The van der Waals surface area contributed by atoms with Gasteiger partial charge in [0.05, 0.1) is 0 Å². The molecular weight excluding hydrogens is 280 g/mol. The van der Waals surface area contributed by atoms with E-state index in [-0.39, 0.29) is 0 Å². The van der Waals surface area contributed by atoms with Gasteiger partial charge < -0.3 is 10.6 Å². The Morgan fingerprint density at radius 2 is 1.95 bits per heavy atom. The first-order chi connectivity index (χ1) is 10.1. The number of aromatic nitrogens is 2. The average molecular weight is 304 g/mol. The summed E-state index contributed by atoms with van der Waals surface area (Å²) in [5.41, 5.74) is 0. The Kier molecular flexibility index (Phi) is 5.56. The fourth-order valence-corrected chi connectivity index (χ4v) is 3.22. The fraction of sp³-hybridized carbons (Fsp3) is 0.500. The highest BCUT2D eigenvalue weighted by molar-refractivity contribution is 7.11. The van der Waals surface area contributed by atoms with E-state index in [0.29, 0.717) is 6.04 Å². The highest BCUT2D eigenvalue weighted by atomic mass is 32.1. The van der Waals surface area contributed by atoms with Crippen LogP contribution >= 0.6 is 11.3 Å². The molecule has 1 atom stereocenters. The summed E-state index contributed by atoms with van der Waals surface area (Å²) in [6.45, 7) is 9.35. The predicted octanol–water partition coefficient (Wildman–Crippen LogP) is 3.88. The molecule has 0 spiro atoms. The third-order valence-corrected chi connectivity index (χ3v) is 4.17. The fourth-order valence-electron chi connectivity index (χ4n) is 2.20. The number of nitrogens with one attached hydrogen (secondary N) is 2. The van der Waals surface area contributed by atoms with Crippen LogP contribution in [-0.2, 0) is 12.8 Å². The lowest BCUT2D eigenvalue weighted by Crippen LogP contribution is -2.19. The van der Waals surface area contributed by atoms with Gasteiger partial charge in [-0.3, -0.25) is 0 Å². The van der Waals surface area contributed by atoms with E-state index in [9.17, 15) is 0 Å². The zero-order valence-corrected chi connectivity index (χ0v) is 14.0. The van der Waals surface area contributed by atoms with Crippen molar-refractivity contribution < 1.29 is 0 Å². The minimum Gasteiger partial charge on any atom is -0.370 e. The Labute approximate surface area is 131 Å². The average Bonchev–Trinajstić information content (AvgIpc) is 2.83. The highest BCUT2D eigenvalue weighted by Crippen LogP contribution is 2.19. The van der Waals surface area contributed by atoms with Gasteiger partial charge in [0.2, 0.25) is 0 Å². The Morgan fingerprint density at radius 3 is 2.57 bits per heavy atom. The molecule has 0 aliphatic heterocycles. The van der Waals surface area contributed by atoms with Crippen molar-refractivity contribution in [2.75, 3.05) is 17.2 Å². The lowest BCUT2D eigenvalue weighted by Gasteiger charge is -2.15. The van der Waals surface area contributed by atoms with E-state index in [2.05, 4.69) is 60.4 Å². The molecule has 0 aromatic carbocycles. The third kappa shape index (κ3) is 4.70. The summed E-state index contributed by atoms with van der Waals surface area (Å²) in [6.07, 6.45) is 1.85. The number of hydrogen-bond acceptors (Lipinski definition) is 5. The molecule has 4 nitrogen and oxygen atoms in total. The zero-order valence-electron chi connectivity index (χ0n) is 13.2. The molecule has 2 N–H and O–H groups in total. The molecule has 2 aromatic rings. The maximum absolute atomic E-state index is 4.56. The van der Waals surface area contributed by atoms with Gasteiger partial charge >= 0.3 is 0 Å². The van der Waals surface area contributed by atoms with Crippen LogP contribution in [0.4, 0.5) is 11.6 Å². The monoisotopic (exact) mass is 304 g/mol. The van der Waals surface area contributed by atoms with E-state index in [0.717, 1.165) is 36.8 Å². The Morgan fingerprint density at radius 1 is 1.19 bits per heavy atom. The lowest BCUT2D eigenvalue weighted by molar-refractivity contribution is 0.789. The molecule has 0 aliphatic rings. The third-order valence-electron chi connectivity index (χ3n) is 3.14. The highest BCUT2D eigenvalue weighted by Gasteiger charge is 2.08. The molecule has 0 radical (unpaired) electrons. The summed E-state index contributed by atoms with van der Waals surface area (Å²) in [4.78, 5) is 11.8. The number of thiophene rings is 1. The quantitative estimate of drug-likeness (QED) is 0.815. The molecule has 5 heteroatoms. The smallest absolute Gasteiger partial charge is 0.132 e. The minimum atomic E-state index is 0.345. The zero-order chi connectivity index (χ0) is 15.2. The molecule has 114 valence electrons. The van der Waals surface area contributed by atoms with Crippen LogP contribution < -0.4 is 10.6 Å². The molecule has 0 saturated heterocycles. The lowest BCUT2D eigenvalue weighted by atomic mass is 10.2. The summed E-state index contributed by atoms with van der Waals surface area (Å²) < 4.78 is 0. The van der Waals surface area contributed by atoms with Crippen molar-refractivity contribution in [3.63, 3.8) is 0 Å². The van der Waals surface area contributed by atoms with Crippen LogP contribution in [0.3, 0.4) is 0 Å². The normalized spacial score (nSPS) is 12.2. The second-order valence-corrected chi connectivity index (χ2v) is 6.57. The largest absolute Gasteiger partial charge is 0.370 e. The van der Waals surface area contributed by atoms with Gasteiger partial charge in [-0.05, 0) is 32.9 Å². The van der Waals surface area contributed by atoms with Gasteiger partial charge in [0, 0.05) is 41.2 Å². The molecule has 2 heterocycles. The van der Waals surface area contributed by atoms with Gasteiger partial charge in [-0.15, -0.1) is 11.3 Å². The minimum absolute atomic E-state index is 0.345. The molecule has 0 amide bonds. The number of anilines is 2. The molecule has 2 aromatic heterocycles. The standard InChI is InChI=1S/C16H24N4S/c1-5-14-19-15(17-6-2)10-16(20-14)18-11(3)9-13-8-7-12(4)21-13/h7-8,10-11H,5-6,9H2,1-4H3,(H2,17,18,19,20). The van der Waals surface area contributed by atoms with Crippen molar-refractivity contribution in [2.24, 2.45) is 0 Å². The number of rotatable bonds is 7. The Balaban J connectivity index is 2.05. The topological polar surface area (TPSA) is 49.8 Å². The van der Waals surface area contributed by atoms with Gasteiger partial charge in [0.1, 0.15) is 17.5 Å². The summed E-state index contributed by atoms with van der Waals surface area (Å²) in [5.74, 6) is 2.67. The van der Waals surface area contributed by atoms with Crippen LogP contribution in [-0.4, -0.2) is 22.6 Å². The van der Waals surface area contributed by atoms with Gasteiger partial charge in [0.15, 0.2) is 0 Å². The first-order valence-corrected chi connectivity index (χ1v) is 8.36. The van der Waals surface area contributed by atoms with Crippen molar-refractivity contribution in [2.45, 2.75) is 46.6 Å². The first kappa shape index (κ1) is 15.8. The molecule has 0 fully saturated rings. The molecule has 1 unspecified atom stereocenters. The summed E-state index contributed by atoms with van der Waals surface area (Å²) in [7, 11) is 0. The van der Waals surface area contributed by atoms with E-state index < -0.39 is 0 Å². The number of aryl methyl sites for hydroxylation is 2. The van der Waals surface area contributed by atoms with Gasteiger partial charge in [-0.1, -0.05) is 6.92 Å². The Hall–Kier alpha value is -1.62. The molecule has 0 bridgehead atoms. The van der Waals surface area contributed by atoms with E-state index >= 15 is 0 Å². The van der Waals surface area contributed by atoms with Crippen LogP contribution in [0.25, 0.3) is 0 Å². The maximum atomic E-state index is 4.56. The van der Waals surface area contributed by atoms with Crippen LogP contribution in [0, 0.1) is 6.92 Å². The molecular formula is C16H24N4S. The van der Waals surface area contributed by atoms with E-state index in [1.165, 1.54) is 9.75 Å². The molecule has 0 aliphatic carbocycles. The van der Waals surface area contributed by atoms with E-state index in [1.807, 2.05) is 17.4 Å². The molecule has 0 saturated carbocycles. The Bertz CT molecular complexity index is 579.